The van der Waals surface area contributed by atoms with Crippen LogP contribution < -0.4 is 9.46 Å². The highest BCUT2D eigenvalue weighted by atomic mass is 32.2. The normalized spacial score (nSPS) is 15.9. The summed E-state index contributed by atoms with van der Waals surface area (Å²) < 4.78 is 34.2. The minimum absolute atomic E-state index is 0.0588. The quantitative estimate of drug-likeness (QED) is 0.690. The zero-order chi connectivity index (χ0) is 22.4. The first-order chi connectivity index (χ1) is 14.9. The van der Waals surface area contributed by atoms with Crippen LogP contribution in [0.5, 0.6) is 5.75 Å². The Hall–Kier alpha value is -2.38. The monoisotopic (exact) mass is 444 g/mol. The molecule has 0 aliphatic carbocycles. The van der Waals surface area contributed by atoms with Gasteiger partial charge >= 0.3 is 0 Å². The molecule has 1 N–H and O–H groups in total. The van der Waals surface area contributed by atoms with Crippen molar-refractivity contribution >= 4 is 15.9 Å². The molecule has 3 rings (SSSR count). The molecule has 1 aliphatic rings. The van der Waals surface area contributed by atoms with E-state index < -0.39 is 16.1 Å². The van der Waals surface area contributed by atoms with Gasteiger partial charge in [-0.1, -0.05) is 44.0 Å². The number of nitrogens with one attached hydrogen (secondary N) is 1. The minimum Gasteiger partial charge on any atom is -0.496 e. The van der Waals surface area contributed by atoms with Crippen LogP contribution in [0.4, 0.5) is 0 Å². The highest BCUT2D eigenvalue weighted by Crippen LogP contribution is 2.26. The first-order valence-electron chi connectivity index (χ1n) is 10.9. The second-order valence-corrected chi connectivity index (χ2v) is 9.72. The van der Waals surface area contributed by atoms with Gasteiger partial charge in [-0.15, -0.1) is 0 Å². The lowest BCUT2D eigenvalue weighted by atomic mass is 10.1. The molecular weight excluding hydrogens is 412 g/mol. The van der Waals surface area contributed by atoms with Gasteiger partial charge in [0.15, 0.2) is 0 Å². The number of aryl methyl sites for hydroxylation is 1. The molecule has 1 fully saturated rings. The lowest BCUT2D eigenvalue weighted by Gasteiger charge is -2.22. The number of carbonyl (C=O) groups excluding carboxylic acids is 1. The second-order valence-electron chi connectivity index (χ2n) is 8.01. The molecule has 0 unspecified atom stereocenters. The summed E-state index contributed by atoms with van der Waals surface area (Å²) in [5, 5.41) is 0. The van der Waals surface area contributed by atoms with E-state index in [0.717, 1.165) is 37.7 Å². The van der Waals surface area contributed by atoms with E-state index >= 15 is 0 Å². The molecule has 1 amide bonds. The molecule has 0 aromatic heterocycles. The van der Waals surface area contributed by atoms with E-state index in [2.05, 4.69) is 11.6 Å². The number of benzene rings is 2. The summed E-state index contributed by atoms with van der Waals surface area (Å²) in [6, 6.07) is 12.0. The standard InChI is InChI=1S/C24H32N2O4S/c1-4-19-9-11-20(12-10-19)18(2)25-31(28,29)21-13-14-23(30-3)22(17-21)24(27)26-15-7-5-6-8-16-26/h9-14,17-18,25H,4-8,15-16H2,1-3H3/t18-/m0/s1. The number of rotatable bonds is 7. The van der Waals surface area contributed by atoms with Crippen LogP contribution in [0, 0.1) is 0 Å². The lowest BCUT2D eigenvalue weighted by molar-refractivity contribution is 0.0758. The van der Waals surface area contributed by atoms with Gasteiger partial charge in [0.25, 0.3) is 5.91 Å². The molecule has 1 aliphatic heterocycles. The van der Waals surface area contributed by atoms with E-state index in [1.807, 2.05) is 31.2 Å². The molecule has 6 nitrogen and oxygen atoms in total. The van der Waals surface area contributed by atoms with Gasteiger partial charge < -0.3 is 9.64 Å². The topological polar surface area (TPSA) is 75.7 Å². The summed E-state index contributed by atoms with van der Waals surface area (Å²) in [5.41, 5.74) is 2.37. The maximum Gasteiger partial charge on any atom is 0.257 e. The Balaban J connectivity index is 1.85. The van der Waals surface area contributed by atoms with Crippen LogP contribution in [-0.2, 0) is 16.4 Å². The third-order valence-corrected chi connectivity index (χ3v) is 7.36. The first kappa shape index (κ1) is 23.3. The van der Waals surface area contributed by atoms with E-state index in [0.29, 0.717) is 18.8 Å². The highest BCUT2D eigenvalue weighted by Gasteiger charge is 2.25. The van der Waals surface area contributed by atoms with Crippen LogP contribution in [-0.4, -0.2) is 39.4 Å². The van der Waals surface area contributed by atoms with Crippen molar-refractivity contribution < 1.29 is 17.9 Å². The molecule has 168 valence electrons. The van der Waals surface area contributed by atoms with Crippen molar-refractivity contribution in [3.8, 4) is 5.75 Å². The molecule has 31 heavy (non-hydrogen) atoms. The Bertz CT molecular complexity index is 995. The van der Waals surface area contributed by atoms with Crippen molar-refractivity contribution in [3.63, 3.8) is 0 Å². The van der Waals surface area contributed by atoms with Crippen LogP contribution in [0.2, 0.25) is 0 Å². The molecule has 1 atom stereocenters. The van der Waals surface area contributed by atoms with Crippen LogP contribution in [0.15, 0.2) is 47.4 Å². The molecule has 2 aromatic rings. The second kappa shape index (κ2) is 10.3. The predicted molar refractivity (Wildman–Crippen MR) is 122 cm³/mol. The smallest absolute Gasteiger partial charge is 0.257 e. The van der Waals surface area contributed by atoms with Crippen LogP contribution in [0.3, 0.4) is 0 Å². The fraction of sp³-hybridized carbons (Fsp3) is 0.458. The molecule has 7 heteroatoms. The third-order valence-electron chi connectivity index (χ3n) is 5.82. The summed E-state index contributed by atoms with van der Waals surface area (Å²) in [7, 11) is -2.33. The Morgan fingerprint density at radius 2 is 1.71 bits per heavy atom. The van der Waals surface area contributed by atoms with Crippen molar-refractivity contribution in [2.45, 2.75) is 56.9 Å². The Kier molecular flexibility index (Phi) is 7.73. The number of nitrogens with zero attached hydrogens (tertiary/aromatic N) is 1. The summed E-state index contributed by atoms with van der Waals surface area (Å²) >= 11 is 0. The predicted octanol–water partition coefficient (Wildman–Crippen LogP) is 4.31. The summed E-state index contributed by atoms with van der Waals surface area (Å²) in [5.74, 6) is 0.204. The number of hydrogen-bond donors (Lipinski definition) is 1. The van der Waals surface area contributed by atoms with Gasteiger partial charge in [0, 0.05) is 19.1 Å². The van der Waals surface area contributed by atoms with Crippen molar-refractivity contribution in [1.82, 2.24) is 9.62 Å². The van der Waals surface area contributed by atoms with Gasteiger partial charge in [0.2, 0.25) is 10.0 Å². The third kappa shape index (κ3) is 5.66. The van der Waals surface area contributed by atoms with Crippen LogP contribution in [0.1, 0.15) is 67.1 Å². The summed E-state index contributed by atoms with van der Waals surface area (Å²) in [6.07, 6.45) is 5.07. The number of likely N-dealkylation sites (tertiary alicyclic amines) is 1. The van der Waals surface area contributed by atoms with Gasteiger partial charge in [-0.25, -0.2) is 13.1 Å². The minimum atomic E-state index is -3.82. The number of carbonyl (C=O) groups is 1. The zero-order valence-electron chi connectivity index (χ0n) is 18.6. The molecule has 1 heterocycles. The first-order valence-corrected chi connectivity index (χ1v) is 12.4. The Labute approximate surface area is 185 Å². The average Bonchev–Trinajstić information content (AvgIpc) is 3.07. The largest absolute Gasteiger partial charge is 0.496 e. The van der Waals surface area contributed by atoms with E-state index in [1.54, 1.807) is 11.0 Å². The van der Waals surface area contributed by atoms with E-state index in [4.69, 9.17) is 4.74 Å². The highest BCUT2D eigenvalue weighted by molar-refractivity contribution is 7.89. The van der Waals surface area contributed by atoms with Crippen molar-refractivity contribution in [1.29, 1.82) is 0 Å². The molecule has 0 radical (unpaired) electrons. The fourth-order valence-corrected chi connectivity index (χ4v) is 5.13. The summed E-state index contributed by atoms with van der Waals surface area (Å²) in [4.78, 5) is 15.0. The molecule has 0 saturated carbocycles. The number of methoxy groups -OCH3 is 1. The van der Waals surface area contributed by atoms with E-state index in [1.165, 1.54) is 24.8 Å². The van der Waals surface area contributed by atoms with Crippen molar-refractivity contribution in [2.24, 2.45) is 0 Å². The Morgan fingerprint density at radius 1 is 1.06 bits per heavy atom. The van der Waals surface area contributed by atoms with Gasteiger partial charge in [-0.05, 0) is 55.5 Å². The molecular formula is C24H32N2O4S. The Morgan fingerprint density at radius 3 is 2.29 bits per heavy atom. The molecule has 1 saturated heterocycles. The van der Waals surface area contributed by atoms with Gasteiger partial charge in [-0.2, -0.15) is 0 Å². The fourth-order valence-electron chi connectivity index (χ4n) is 3.88. The molecule has 0 spiro atoms. The van der Waals surface area contributed by atoms with Gasteiger partial charge in [0.1, 0.15) is 5.75 Å². The summed E-state index contributed by atoms with van der Waals surface area (Å²) in [6.45, 7) is 5.25. The van der Waals surface area contributed by atoms with Gasteiger partial charge in [0.05, 0.1) is 17.6 Å². The number of ether oxygens (including phenoxy) is 1. The van der Waals surface area contributed by atoms with Crippen LogP contribution >= 0.6 is 0 Å². The van der Waals surface area contributed by atoms with E-state index in [-0.39, 0.29) is 16.4 Å². The van der Waals surface area contributed by atoms with Crippen molar-refractivity contribution in [3.05, 3.63) is 59.2 Å². The number of hydrogen-bond acceptors (Lipinski definition) is 4. The maximum absolute atomic E-state index is 13.1. The maximum atomic E-state index is 13.1. The number of sulfonamides is 1. The SMILES string of the molecule is CCc1ccc([C@H](C)NS(=O)(=O)c2ccc(OC)c(C(=O)N3CCCCCC3)c2)cc1. The van der Waals surface area contributed by atoms with E-state index in [9.17, 15) is 13.2 Å². The molecule has 0 bridgehead atoms. The van der Waals surface area contributed by atoms with Crippen LogP contribution in [0.25, 0.3) is 0 Å². The van der Waals surface area contributed by atoms with Gasteiger partial charge in [-0.3, -0.25) is 4.79 Å². The zero-order valence-corrected chi connectivity index (χ0v) is 19.4. The average molecular weight is 445 g/mol. The number of amides is 1. The lowest BCUT2D eigenvalue weighted by Crippen LogP contribution is -2.32. The molecule has 2 aromatic carbocycles. The van der Waals surface area contributed by atoms with Crippen molar-refractivity contribution in [2.75, 3.05) is 20.2 Å².